The van der Waals surface area contributed by atoms with Crippen molar-refractivity contribution in [1.29, 1.82) is 0 Å². The zero-order valence-electron chi connectivity index (χ0n) is 26.8. The van der Waals surface area contributed by atoms with Gasteiger partial charge in [-0.2, -0.15) is 0 Å². The van der Waals surface area contributed by atoms with Crippen molar-refractivity contribution < 1.29 is 4.79 Å². The molecule has 4 N–H and O–H groups in total. The van der Waals surface area contributed by atoms with Gasteiger partial charge >= 0.3 is 0 Å². The molecule has 0 amide bonds. The lowest BCUT2D eigenvalue weighted by Gasteiger charge is -1.85. The van der Waals surface area contributed by atoms with E-state index < -0.39 is 0 Å². The van der Waals surface area contributed by atoms with E-state index in [4.69, 9.17) is 4.79 Å². The molecule has 9 heteroatoms. The van der Waals surface area contributed by atoms with E-state index in [2.05, 4.69) is 88.4 Å². The van der Waals surface area contributed by atoms with Crippen LogP contribution in [0.3, 0.4) is 0 Å². The second kappa shape index (κ2) is 13.2. The first-order valence-corrected chi connectivity index (χ1v) is 16.0. The Bertz CT molecular complexity index is 2180. The molecular formula is C41H30N8O. The van der Waals surface area contributed by atoms with E-state index in [0.717, 1.165) is 89.7 Å². The van der Waals surface area contributed by atoms with Crippen LogP contribution in [0.4, 0.5) is 0 Å². The van der Waals surface area contributed by atoms with E-state index in [-0.39, 0.29) is 0 Å². The van der Waals surface area contributed by atoms with Crippen LogP contribution < -0.4 is 0 Å². The monoisotopic (exact) mass is 650 g/mol. The van der Waals surface area contributed by atoms with Crippen molar-refractivity contribution in [3.63, 3.8) is 0 Å². The summed E-state index contributed by atoms with van der Waals surface area (Å²) in [5.74, 6) is 0. The average molecular weight is 651 g/mol. The minimum Gasteiger partial charge on any atom is -0.355 e. The number of hydrogen-bond acceptors (Lipinski definition) is 5. The van der Waals surface area contributed by atoms with Gasteiger partial charge in [-0.3, -0.25) is 0 Å². The highest BCUT2D eigenvalue weighted by Crippen LogP contribution is 2.19. The topological polar surface area (TPSA) is 132 Å². The number of aromatic nitrogens is 8. The molecule has 16 bridgehead atoms. The quantitative estimate of drug-likeness (QED) is 0.130. The Kier molecular flexibility index (Phi) is 7.96. The molecule has 4 aliphatic heterocycles. The van der Waals surface area contributed by atoms with Crippen LogP contribution in [0.25, 0.3) is 92.7 Å². The van der Waals surface area contributed by atoms with Gasteiger partial charge in [0, 0.05) is 44.1 Å². The zero-order valence-corrected chi connectivity index (χ0v) is 26.8. The molecule has 0 saturated carbocycles. The number of carbonyl (C=O) groups is 1. The summed E-state index contributed by atoms with van der Waals surface area (Å²) in [4.78, 5) is 40.0. The van der Waals surface area contributed by atoms with Gasteiger partial charge in [-0.05, 0) is 146 Å². The SMILES string of the molecule is C1=Cc2cc3ccc(cc4nc(cc5ccc(cc1n2)[nH]5)C=C4)[nH]3.C1=Cc2cc3ccc(cc4nc(cc5ccc(cc1n2)[nH]5)C=C4)[nH]3.C=O. The molecule has 6 aromatic rings. The van der Waals surface area contributed by atoms with Crippen molar-refractivity contribution in [2.45, 2.75) is 0 Å². The number of hydrogen-bond donors (Lipinski definition) is 4. The van der Waals surface area contributed by atoms with Crippen LogP contribution in [-0.4, -0.2) is 46.7 Å². The van der Waals surface area contributed by atoms with Crippen LogP contribution in [-0.2, 0) is 4.79 Å². The molecule has 0 radical (unpaired) electrons. The summed E-state index contributed by atoms with van der Waals surface area (Å²) >= 11 is 0. The fourth-order valence-corrected chi connectivity index (χ4v) is 5.89. The first kappa shape index (κ1) is 30.2. The molecule has 0 unspecified atom stereocenters. The molecule has 10 heterocycles. The second-order valence-electron chi connectivity index (χ2n) is 11.8. The van der Waals surface area contributed by atoms with E-state index in [1.54, 1.807) is 0 Å². The maximum atomic E-state index is 8.00. The van der Waals surface area contributed by atoms with Gasteiger partial charge in [0.25, 0.3) is 0 Å². The fraction of sp³-hybridized carbons (Fsp3) is 0. The van der Waals surface area contributed by atoms with Crippen molar-refractivity contribution in [3.05, 3.63) is 143 Å². The van der Waals surface area contributed by atoms with Gasteiger partial charge in [0.05, 0.1) is 45.6 Å². The van der Waals surface area contributed by atoms with Gasteiger partial charge in [-0.1, -0.05) is 0 Å². The van der Waals surface area contributed by atoms with Crippen molar-refractivity contribution in [2.24, 2.45) is 0 Å². The van der Waals surface area contributed by atoms with Gasteiger partial charge in [0.1, 0.15) is 6.79 Å². The van der Waals surface area contributed by atoms with Crippen molar-refractivity contribution in [3.8, 4) is 0 Å². The molecule has 0 fully saturated rings. The first-order chi connectivity index (χ1) is 24.6. The Morgan fingerprint density at radius 3 is 0.560 bits per heavy atom. The number of rotatable bonds is 0. The van der Waals surface area contributed by atoms with Crippen LogP contribution in [0.1, 0.15) is 45.6 Å². The van der Waals surface area contributed by atoms with Gasteiger partial charge in [0.15, 0.2) is 0 Å². The zero-order chi connectivity index (χ0) is 33.9. The minimum atomic E-state index is 0.939. The summed E-state index contributed by atoms with van der Waals surface area (Å²) in [7, 11) is 0. The molecule has 0 aromatic carbocycles. The maximum Gasteiger partial charge on any atom is 0.106 e. The van der Waals surface area contributed by atoms with E-state index in [0.29, 0.717) is 0 Å². The predicted molar refractivity (Wildman–Crippen MR) is 205 cm³/mol. The fourth-order valence-electron chi connectivity index (χ4n) is 5.89. The van der Waals surface area contributed by atoms with Crippen LogP contribution in [0.2, 0.25) is 0 Å². The number of nitrogens with one attached hydrogen (secondary N) is 4. The molecule has 6 aromatic heterocycles. The smallest absolute Gasteiger partial charge is 0.106 e. The lowest BCUT2D eigenvalue weighted by Crippen LogP contribution is -1.75. The first-order valence-electron chi connectivity index (χ1n) is 16.0. The molecule has 4 aliphatic rings. The van der Waals surface area contributed by atoms with Gasteiger partial charge in [-0.15, -0.1) is 0 Å². The molecule has 0 saturated heterocycles. The van der Waals surface area contributed by atoms with Crippen LogP contribution in [0.15, 0.2) is 97.1 Å². The molecule has 240 valence electrons. The van der Waals surface area contributed by atoms with Crippen molar-refractivity contribution >= 4 is 99.5 Å². The highest BCUT2D eigenvalue weighted by atomic mass is 16.1. The predicted octanol–water partition coefficient (Wildman–Crippen LogP) is 9.13. The number of carbonyl (C=O) groups excluding carboxylic acids is 1. The van der Waals surface area contributed by atoms with Crippen LogP contribution >= 0.6 is 0 Å². The minimum absolute atomic E-state index is 0.939. The molecule has 9 nitrogen and oxygen atoms in total. The Morgan fingerprint density at radius 2 is 0.420 bits per heavy atom. The van der Waals surface area contributed by atoms with Gasteiger partial charge in [-0.25, -0.2) is 19.9 Å². The maximum absolute atomic E-state index is 8.00. The summed E-state index contributed by atoms with van der Waals surface area (Å²) in [5.41, 5.74) is 15.7. The molecule has 10 rings (SSSR count). The third-order valence-corrected chi connectivity index (χ3v) is 8.08. The molecule has 0 aliphatic carbocycles. The molecule has 0 spiro atoms. The highest BCUT2D eigenvalue weighted by Gasteiger charge is 2.03. The standard InChI is InChI=1S/2C20H14N4.CH2O/c2*1-2-14-10-16-5-6-18(23-16)12-20-8-7-19(24-20)11-17-4-3-15(22-17)9-13(1)21-14;1-2/h2*1-12,21,24H;1H2. The summed E-state index contributed by atoms with van der Waals surface area (Å²) in [6, 6.07) is 32.7. The van der Waals surface area contributed by atoms with Crippen molar-refractivity contribution in [1.82, 2.24) is 39.9 Å². The van der Waals surface area contributed by atoms with E-state index >= 15 is 0 Å². The average Bonchev–Trinajstić information content (AvgIpc) is 3.95. The van der Waals surface area contributed by atoms with Crippen LogP contribution in [0, 0.1) is 0 Å². The van der Waals surface area contributed by atoms with Gasteiger partial charge in [0.2, 0.25) is 0 Å². The third kappa shape index (κ3) is 6.92. The van der Waals surface area contributed by atoms with E-state index in [9.17, 15) is 0 Å². The number of fused-ring (bicyclic) bond motifs is 16. The molecular weight excluding hydrogens is 621 g/mol. The normalized spacial score (nSPS) is 12.2. The van der Waals surface area contributed by atoms with E-state index in [1.165, 1.54) is 0 Å². The Morgan fingerprint density at radius 1 is 0.280 bits per heavy atom. The Hall–Kier alpha value is -7.13. The lowest BCUT2D eigenvalue weighted by atomic mass is 10.3. The summed E-state index contributed by atoms with van der Waals surface area (Å²) < 4.78 is 0. The lowest BCUT2D eigenvalue weighted by molar-refractivity contribution is -0.0980. The van der Waals surface area contributed by atoms with Gasteiger partial charge < -0.3 is 24.7 Å². The number of nitrogens with zero attached hydrogens (tertiary/aromatic N) is 4. The number of aromatic amines is 4. The Labute approximate surface area is 286 Å². The van der Waals surface area contributed by atoms with E-state index in [1.807, 2.05) is 104 Å². The largest absolute Gasteiger partial charge is 0.355 e. The molecule has 50 heavy (non-hydrogen) atoms. The second-order valence-corrected chi connectivity index (χ2v) is 11.8. The summed E-state index contributed by atoms with van der Waals surface area (Å²) in [6.07, 6.45) is 16.2. The highest BCUT2D eigenvalue weighted by molar-refractivity contribution is 5.79. The summed E-state index contributed by atoms with van der Waals surface area (Å²) in [6.45, 7) is 2.00. The number of H-pyrrole nitrogens is 4. The summed E-state index contributed by atoms with van der Waals surface area (Å²) in [5, 5.41) is 0. The van der Waals surface area contributed by atoms with Crippen LogP contribution in [0.5, 0.6) is 0 Å². The molecule has 0 atom stereocenters. The Balaban J connectivity index is 0.000000138. The third-order valence-electron chi connectivity index (χ3n) is 8.08. The van der Waals surface area contributed by atoms with Crippen molar-refractivity contribution in [2.75, 3.05) is 0 Å².